The molecule has 0 fully saturated rings. The smallest absolute Gasteiger partial charge is 0.286 e. The highest BCUT2D eigenvalue weighted by Crippen LogP contribution is 2.51. The third-order valence-electron chi connectivity index (χ3n) is 2.00. The van der Waals surface area contributed by atoms with E-state index in [1.807, 2.05) is 0 Å². The predicted molar refractivity (Wildman–Crippen MR) is 129 cm³/mol. The van der Waals surface area contributed by atoms with Gasteiger partial charge in [-0.05, 0) is 0 Å². The summed E-state index contributed by atoms with van der Waals surface area (Å²) in [5, 5.41) is 0. The van der Waals surface area contributed by atoms with Crippen molar-refractivity contribution in [2.75, 3.05) is 19.8 Å². The Labute approximate surface area is 211 Å². The monoisotopic (exact) mass is 925 g/mol. The van der Waals surface area contributed by atoms with Gasteiger partial charge in [0.1, 0.15) is 0 Å². The summed E-state index contributed by atoms with van der Waals surface area (Å²) < 4.78 is 28.9. The summed E-state index contributed by atoms with van der Waals surface area (Å²) >= 11 is 30.3. The third kappa shape index (κ3) is 13.3. The molecule has 3 unspecified atom stereocenters. The number of rotatable bonds is 12. The lowest BCUT2D eigenvalue weighted by molar-refractivity contribution is 0.117. The fourth-order valence-electron chi connectivity index (χ4n) is 0.817. The van der Waals surface area contributed by atoms with Gasteiger partial charge in [0, 0.05) is 0 Å². The van der Waals surface area contributed by atoms with E-state index in [-0.39, 0.29) is 45.5 Å². The van der Waals surface area contributed by atoms with Crippen LogP contribution in [-0.4, -0.2) is 45.5 Å². The molecule has 0 aliphatic carbocycles. The van der Waals surface area contributed by atoms with Crippen LogP contribution in [0.15, 0.2) is 0 Å². The Bertz CT molecular complexity index is 321. The number of hydrogen-bond acceptors (Lipinski definition) is 4. The van der Waals surface area contributed by atoms with Gasteiger partial charge >= 0.3 is 7.82 Å². The minimum absolute atomic E-state index is 0.0415. The Kier molecular flexibility index (Phi) is 17.2. The highest BCUT2D eigenvalue weighted by atomic mass is 79.9. The Morgan fingerprint density at radius 3 is 0.957 bits per heavy atom. The van der Waals surface area contributed by atoms with E-state index in [1.165, 1.54) is 0 Å². The number of halogens is 9. The van der Waals surface area contributed by atoms with E-state index in [4.69, 9.17) is 13.6 Å². The average molecular weight is 934 g/mol. The Morgan fingerprint density at radius 2 is 0.783 bits per heavy atom. The second-order valence-electron chi connectivity index (χ2n) is 3.89. The molecule has 0 heterocycles. The van der Waals surface area contributed by atoms with E-state index in [0.29, 0.717) is 0 Å². The minimum Gasteiger partial charge on any atom is -0.286 e. The van der Waals surface area contributed by atoms with Crippen LogP contribution in [0, 0.1) is 0 Å². The largest absolute Gasteiger partial charge is 0.474 e. The van der Waals surface area contributed by atoms with Crippen molar-refractivity contribution in [2.45, 2.75) is 25.7 Å². The van der Waals surface area contributed by atoms with Crippen molar-refractivity contribution in [3.8, 4) is 0 Å². The van der Waals surface area contributed by atoms with Gasteiger partial charge in [-0.2, -0.15) is 0 Å². The molecule has 3 atom stereocenters. The molecule has 23 heavy (non-hydrogen) atoms. The molecule has 0 radical (unpaired) electrons. The molecule has 0 aliphatic heterocycles. The van der Waals surface area contributed by atoms with Gasteiger partial charge in [-0.3, -0.25) is 13.6 Å². The first-order chi connectivity index (χ1) is 10.5. The van der Waals surface area contributed by atoms with Gasteiger partial charge in [0.05, 0.1) is 45.5 Å². The summed E-state index contributed by atoms with van der Waals surface area (Å²) in [4.78, 5) is -0.326. The molecule has 140 valence electrons. The Morgan fingerprint density at radius 1 is 0.565 bits per heavy atom. The lowest BCUT2D eigenvalue weighted by Gasteiger charge is -2.23. The van der Waals surface area contributed by atoms with E-state index >= 15 is 0 Å². The van der Waals surface area contributed by atoms with Gasteiger partial charge in [0.2, 0.25) is 0 Å². The fourth-order valence-corrected chi connectivity index (χ4v) is 4.00. The Balaban J connectivity index is 4.72. The molecule has 0 saturated carbocycles. The van der Waals surface area contributed by atoms with Crippen LogP contribution in [0.5, 0.6) is 0 Å². The van der Waals surface area contributed by atoms with Gasteiger partial charge in [0.25, 0.3) is 0 Å². The zero-order chi connectivity index (χ0) is 18.2. The summed E-state index contributed by atoms with van der Waals surface area (Å²) in [5.74, 6) is 0. The van der Waals surface area contributed by atoms with Crippen LogP contribution < -0.4 is 0 Å². The summed E-state index contributed by atoms with van der Waals surface area (Å²) in [7, 11) is -3.72. The SMILES string of the molecule is O=P(OCC(Br)C(Br)Br)(OCC(Br)C(Br)Br)OCC(Br)C(Br)Br. The number of alkyl halides is 9. The second kappa shape index (κ2) is 14.4. The number of phosphoric ester groups is 1. The zero-order valence-corrected chi connectivity index (χ0v) is 26.2. The van der Waals surface area contributed by atoms with Gasteiger partial charge in [-0.1, -0.05) is 143 Å². The molecule has 14 heteroatoms. The van der Waals surface area contributed by atoms with Crippen LogP contribution >= 0.6 is 151 Å². The first kappa shape index (κ1) is 27.4. The fraction of sp³-hybridized carbons (Fsp3) is 1.00. The molecular formula is C9H12Br9O4P. The minimum atomic E-state index is -3.72. The van der Waals surface area contributed by atoms with E-state index in [1.54, 1.807) is 0 Å². The summed E-state index contributed by atoms with van der Waals surface area (Å²) in [6, 6.07) is 0. The molecular weight excluding hydrogens is 922 g/mol. The van der Waals surface area contributed by atoms with Crippen molar-refractivity contribution in [1.82, 2.24) is 0 Å². The third-order valence-corrected chi connectivity index (χ3v) is 13.9. The van der Waals surface area contributed by atoms with Crippen molar-refractivity contribution in [2.24, 2.45) is 0 Å². The quantitative estimate of drug-likeness (QED) is 0.148. The lowest BCUT2D eigenvalue weighted by atomic mass is 10.5. The molecule has 0 aromatic carbocycles. The van der Waals surface area contributed by atoms with Crippen molar-refractivity contribution >= 4 is 151 Å². The molecule has 4 nitrogen and oxygen atoms in total. The van der Waals surface area contributed by atoms with Crippen LogP contribution in [-0.2, 0) is 18.1 Å². The van der Waals surface area contributed by atoms with Crippen molar-refractivity contribution in [3.05, 3.63) is 0 Å². The number of hydrogen-bond donors (Lipinski definition) is 0. The highest BCUT2D eigenvalue weighted by molar-refractivity contribution is 9.26. The van der Waals surface area contributed by atoms with Crippen molar-refractivity contribution < 1.29 is 18.1 Å². The molecule has 0 N–H and O–H groups in total. The topological polar surface area (TPSA) is 44.8 Å². The molecule has 0 spiro atoms. The van der Waals surface area contributed by atoms with E-state index in [9.17, 15) is 4.57 Å². The van der Waals surface area contributed by atoms with E-state index in [0.717, 1.165) is 0 Å². The molecule has 0 bridgehead atoms. The van der Waals surface area contributed by atoms with Gasteiger partial charge in [0.15, 0.2) is 0 Å². The Hall–Kier alpha value is 4.43. The van der Waals surface area contributed by atoms with Crippen LogP contribution in [0.1, 0.15) is 0 Å². The maximum atomic E-state index is 12.8. The zero-order valence-electron chi connectivity index (χ0n) is 11.1. The van der Waals surface area contributed by atoms with Crippen molar-refractivity contribution in [3.63, 3.8) is 0 Å². The predicted octanol–water partition coefficient (Wildman–Crippen LogP) is 7.78. The molecule has 0 aromatic rings. The van der Waals surface area contributed by atoms with E-state index in [2.05, 4.69) is 143 Å². The first-order valence-electron chi connectivity index (χ1n) is 5.79. The van der Waals surface area contributed by atoms with Gasteiger partial charge in [-0.15, -0.1) is 0 Å². The maximum Gasteiger partial charge on any atom is 0.474 e. The normalized spacial score (nSPS) is 19.1. The molecule has 0 amide bonds. The van der Waals surface area contributed by atoms with Gasteiger partial charge < -0.3 is 0 Å². The second-order valence-corrected chi connectivity index (χ2v) is 18.7. The van der Waals surface area contributed by atoms with Gasteiger partial charge in [-0.25, -0.2) is 4.57 Å². The maximum absolute atomic E-state index is 12.8. The van der Waals surface area contributed by atoms with Crippen LogP contribution in [0.2, 0.25) is 0 Å². The number of phosphoric acid groups is 1. The summed E-state index contributed by atoms with van der Waals surface area (Å²) in [5.41, 5.74) is 0. The molecule has 0 aliphatic rings. The lowest BCUT2D eigenvalue weighted by Crippen LogP contribution is -2.21. The summed E-state index contributed by atoms with van der Waals surface area (Å²) in [6.07, 6.45) is 0. The van der Waals surface area contributed by atoms with Crippen LogP contribution in [0.3, 0.4) is 0 Å². The van der Waals surface area contributed by atoms with Crippen LogP contribution in [0.4, 0.5) is 0 Å². The molecule has 0 rings (SSSR count). The summed E-state index contributed by atoms with van der Waals surface area (Å²) in [6.45, 7) is 0.406. The first-order valence-corrected chi connectivity index (χ1v) is 15.5. The molecule has 0 aromatic heterocycles. The highest BCUT2D eigenvalue weighted by Gasteiger charge is 2.32. The standard InChI is InChI=1S/C9H12Br9O4P/c10-4(7(13)14)1-20-23(19,21-2-5(11)8(15)16)22-3-6(12)9(17)18/h4-9H,1-3H2. The van der Waals surface area contributed by atoms with E-state index < -0.39 is 7.82 Å². The average Bonchev–Trinajstić information content (AvgIpc) is 2.47. The molecule has 0 saturated heterocycles. The van der Waals surface area contributed by atoms with Crippen molar-refractivity contribution in [1.29, 1.82) is 0 Å². The van der Waals surface area contributed by atoms with Crippen LogP contribution in [0.25, 0.3) is 0 Å².